The zero-order valence-electron chi connectivity index (χ0n) is 33.0. The predicted octanol–water partition coefficient (Wildman–Crippen LogP) is 15.8. The van der Waals surface area contributed by atoms with E-state index in [4.69, 9.17) is 0 Å². The topological polar surface area (TPSA) is 3.88 Å². The zero-order chi connectivity index (χ0) is 33.7. The van der Waals surface area contributed by atoms with Crippen LogP contribution in [0.25, 0.3) is 0 Å². The highest BCUT2D eigenvalue weighted by atomic mass is 14.9. The smallest absolute Gasteiger partial charge is 0.172 e. The van der Waals surface area contributed by atoms with Crippen LogP contribution < -0.4 is 4.57 Å². The molecular weight excluding hydrogens is 567 g/mol. The SMILES string of the molecule is CCCCCCCCCCCCCCCCCCc1cc[n+](CCCCC)cc1CCCCCCCCCCCCCCCCCC. The summed E-state index contributed by atoms with van der Waals surface area (Å²) in [6.45, 7) is 8.13. The summed E-state index contributed by atoms with van der Waals surface area (Å²) < 4.78 is 2.49. The molecule has 47 heavy (non-hydrogen) atoms. The van der Waals surface area contributed by atoms with Gasteiger partial charge in [-0.2, -0.15) is 0 Å². The van der Waals surface area contributed by atoms with Crippen molar-refractivity contribution in [2.75, 3.05) is 0 Å². The second-order valence-corrected chi connectivity index (χ2v) is 15.5. The average molecular weight is 655 g/mol. The molecule has 0 aromatic carbocycles. The van der Waals surface area contributed by atoms with E-state index in [0.717, 1.165) is 0 Å². The molecule has 1 rings (SSSR count). The molecule has 1 heterocycles. The fraction of sp³-hybridized carbons (Fsp3) is 0.891. The summed E-state index contributed by atoms with van der Waals surface area (Å²) in [6, 6.07) is 2.49. The number of rotatable bonds is 38. The molecule has 0 amide bonds. The number of nitrogens with zero attached hydrogens (tertiary/aromatic N) is 1. The maximum absolute atomic E-state index is 2.53. The van der Waals surface area contributed by atoms with E-state index in [1.807, 2.05) is 0 Å². The molecule has 0 aliphatic heterocycles. The van der Waals surface area contributed by atoms with Gasteiger partial charge in [-0.15, -0.1) is 0 Å². The van der Waals surface area contributed by atoms with Gasteiger partial charge in [-0.1, -0.05) is 220 Å². The van der Waals surface area contributed by atoms with E-state index in [1.165, 1.54) is 244 Å². The summed E-state index contributed by atoms with van der Waals surface area (Å²) in [7, 11) is 0. The second kappa shape index (κ2) is 36.4. The Balaban J connectivity index is 2.13. The van der Waals surface area contributed by atoms with Crippen molar-refractivity contribution in [1.82, 2.24) is 0 Å². The number of hydrogen-bond donors (Lipinski definition) is 0. The van der Waals surface area contributed by atoms with Crippen LogP contribution in [0.4, 0.5) is 0 Å². The molecule has 0 bridgehead atoms. The fourth-order valence-corrected chi connectivity index (χ4v) is 7.50. The lowest BCUT2D eigenvalue weighted by Crippen LogP contribution is -2.33. The molecule has 0 spiro atoms. The number of unbranched alkanes of at least 4 members (excludes halogenated alkanes) is 32. The molecule has 0 aliphatic carbocycles. The number of aryl methyl sites for hydroxylation is 3. The van der Waals surface area contributed by atoms with Crippen molar-refractivity contribution in [3.05, 3.63) is 29.6 Å². The first-order chi connectivity index (χ1) is 23.3. The average Bonchev–Trinajstić information content (AvgIpc) is 3.08. The van der Waals surface area contributed by atoms with E-state index >= 15 is 0 Å². The summed E-state index contributed by atoms with van der Waals surface area (Å²) in [5.41, 5.74) is 3.32. The van der Waals surface area contributed by atoms with E-state index in [9.17, 15) is 0 Å². The van der Waals surface area contributed by atoms with E-state index in [2.05, 4.69) is 43.8 Å². The number of aromatic nitrogens is 1. The van der Waals surface area contributed by atoms with E-state index in [1.54, 1.807) is 11.1 Å². The molecule has 276 valence electrons. The monoisotopic (exact) mass is 655 g/mol. The summed E-state index contributed by atoms with van der Waals surface area (Å²) in [6.07, 6.45) is 57.9. The highest BCUT2D eigenvalue weighted by Crippen LogP contribution is 2.19. The van der Waals surface area contributed by atoms with Crippen LogP contribution in [0.3, 0.4) is 0 Å². The van der Waals surface area contributed by atoms with E-state index in [0.29, 0.717) is 0 Å². The minimum atomic E-state index is 1.19. The molecule has 1 nitrogen and oxygen atoms in total. The second-order valence-electron chi connectivity index (χ2n) is 15.5. The Kier molecular flexibility index (Phi) is 34.2. The Hall–Kier alpha value is -0.850. The van der Waals surface area contributed by atoms with Crippen molar-refractivity contribution in [1.29, 1.82) is 0 Å². The van der Waals surface area contributed by atoms with Gasteiger partial charge in [-0.3, -0.25) is 0 Å². The molecule has 0 fully saturated rings. The largest absolute Gasteiger partial charge is 0.205 e. The quantitative estimate of drug-likeness (QED) is 0.0493. The Labute approximate surface area is 298 Å². The third-order valence-corrected chi connectivity index (χ3v) is 10.8. The molecule has 0 unspecified atom stereocenters. The van der Waals surface area contributed by atoms with Crippen LogP contribution in [-0.4, -0.2) is 0 Å². The van der Waals surface area contributed by atoms with Gasteiger partial charge >= 0.3 is 0 Å². The first kappa shape index (κ1) is 44.2. The molecule has 0 saturated heterocycles. The van der Waals surface area contributed by atoms with Crippen LogP contribution in [0.15, 0.2) is 18.5 Å². The van der Waals surface area contributed by atoms with Crippen LogP contribution in [0.5, 0.6) is 0 Å². The van der Waals surface area contributed by atoms with E-state index in [-0.39, 0.29) is 0 Å². The lowest BCUT2D eigenvalue weighted by atomic mass is 9.97. The zero-order valence-corrected chi connectivity index (χ0v) is 33.0. The van der Waals surface area contributed by atoms with Gasteiger partial charge < -0.3 is 0 Å². The summed E-state index contributed by atoms with van der Waals surface area (Å²) in [4.78, 5) is 0. The van der Waals surface area contributed by atoms with Gasteiger partial charge in [-0.05, 0) is 37.7 Å². The first-order valence-corrected chi connectivity index (χ1v) is 22.3. The van der Waals surface area contributed by atoms with Gasteiger partial charge in [0.1, 0.15) is 6.54 Å². The van der Waals surface area contributed by atoms with Gasteiger partial charge in [0.15, 0.2) is 12.4 Å². The van der Waals surface area contributed by atoms with Crippen molar-refractivity contribution in [2.24, 2.45) is 0 Å². The Bertz CT molecular complexity index is 739. The minimum absolute atomic E-state index is 1.19. The highest BCUT2D eigenvalue weighted by molar-refractivity contribution is 5.21. The molecule has 1 aromatic rings. The van der Waals surface area contributed by atoms with Gasteiger partial charge in [0.25, 0.3) is 0 Å². The van der Waals surface area contributed by atoms with Crippen LogP contribution >= 0.6 is 0 Å². The van der Waals surface area contributed by atoms with Crippen molar-refractivity contribution in [3.63, 3.8) is 0 Å². The Morgan fingerprint density at radius 1 is 0.319 bits per heavy atom. The van der Waals surface area contributed by atoms with Gasteiger partial charge in [-0.25, -0.2) is 4.57 Å². The van der Waals surface area contributed by atoms with Crippen LogP contribution in [-0.2, 0) is 19.4 Å². The van der Waals surface area contributed by atoms with Gasteiger partial charge in [0.2, 0.25) is 0 Å². The molecule has 1 aromatic heterocycles. The first-order valence-electron chi connectivity index (χ1n) is 22.3. The number of pyridine rings is 1. The van der Waals surface area contributed by atoms with Crippen molar-refractivity contribution < 1.29 is 4.57 Å². The summed E-state index contributed by atoms with van der Waals surface area (Å²) in [5, 5.41) is 0. The molecule has 1 heteroatoms. The minimum Gasteiger partial charge on any atom is -0.205 e. The van der Waals surface area contributed by atoms with Gasteiger partial charge in [0, 0.05) is 18.1 Å². The third-order valence-electron chi connectivity index (χ3n) is 10.8. The van der Waals surface area contributed by atoms with Crippen LogP contribution in [0.1, 0.15) is 257 Å². The lowest BCUT2D eigenvalue weighted by Gasteiger charge is -2.10. The maximum Gasteiger partial charge on any atom is 0.172 e. The molecule has 0 radical (unpaired) electrons. The standard InChI is InChI=1S/C46H88N/c1-4-7-10-12-14-16-18-20-22-24-26-28-30-32-34-36-39-45-41-43-47(42-38-9-6-3)44-46(45)40-37-35-33-31-29-27-25-23-21-19-17-15-13-11-8-5-2/h41,43-44H,4-40,42H2,1-3H3/q+1. The van der Waals surface area contributed by atoms with Crippen molar-refractivity contribution in [2.45, 2.75) is 265 Å². The summed E-state index contributed by atoms with van der Waals surface area (Å²) >= 11 is 0. The Morgan fingerprint density at radius 3 is 0.936 bits per heavy atom. The van der Waals surface area contributed by atoms with Crippen molar-refractivity contribution >= 4 is 0 Å². The van der Waals surface area contributed by atoms with Crippen molar-refractivity contribution in [3.8, 4) is 0 Å². The Morgan fingerprint density at radius 2 is 0.596 bits per heavy atom. The maximum atomic E-state index is 2.53. The fourth-order valence-electron chi connectivity index (χ4n) is 7.50. The predicted molar refractivity (Wildman–Crippen MR) is 213 cm³/mol. The summed E-state index contributed by atoms with van der Waals surface area (Å²) in [5.74, 6) is 0. The molecule has 0 aliphatic rings. The third kappa shape index (κ3) is 29.8. The molecular formula is C46H88N+. The lowest BCUT2D eigenvalue weighted by molar-refractivity contribution is -0.697. The van der Waals surface area contributed by atoms with E-state index < -0.39 is 0 Å². The van der Waals surface area contributed by atoms with Gasteiger partial charge in [0.05, 0.1) is 0 Å². The molecule has 0 atom stereocenters. The highest BCUT2D eigenvalue weighted by Gasteiger charge is 2.10. The normalized spacial score (nSPS) is 11.6. The van der Waals surface area contributed by atoms with Crippen LogP contribution in [0.2, 0.25) is 0 Å². The molecule has 0 saturated carbocycles. The van der Waals surface area contributed by atoms with Crippen LogP contribution in [0, 0.1) is 0 Å². The number of hydrogen-bond acceptors (Lipinski definition) is 0. The molecule has 0 N–H and O–H groups in total.